The molecule has 6 N–H and O–H groups in total. The van der Waals surface area contributed by atoms with E-state index in [-0.39, 0.29) is 16.4 Å². The minimum Gasteiger partial charge on any atom is -0.464 e. The fourth-order valence-electron chi connectivity index (χ4n) is 2.90. The van der Waals surface area contributed by atoms with Gasteiger partial charge in [0.25, 0.3) is 0 Å². The van der Waals surface area contributed by atoms with Gasteiger partial charge in [-0.25, -0.2) is 15.0 Å². The van der Waals surface area contributed by atoms with E-state index in [9.17, 15) is 0 Å². The Morgan fingerprint density at radius 1 is 0.926 bits per heavy atom. The molecule has 0 atom stereocenters. The molecule has 2 aromatic carbocycles. The lowest BCUT2D eigenvalue weighted by Crippen LogP contribution is -1.97. The number of hydrogen-bond donors (Lipinski definition) is 0. The highest BCUT2D eigenvalue weighted by Crippen LogP contribution is 2.30. The molecule has 0 radical (unpaired) electrons. The van der Waals surface area contributed by atoms with Crippen molar-refractivity contribution in [2.45, 2.75) is 0 Å². The minimum atomic E-state index is 0. The third-order valence-corrected chi connectivity index (χ3v) is 4.08. The highest BCUT2D eigenvalue weighted by molar-refractivity contribution is 5.88. The van der Waals surface area contributed by atoms with Gasteiger partial charge in [0.2, 0.25) is 0 Å². The van der Waals surface area contributed by atoms with Gasteiger partial charge in [-0.15, -0.1) is 0 Å². The van der Waals surface area contributed by atoms with Crippen LogP contribution in [0.1, 0.15) is 0 Å². The van der Waals surface area contributed by atoms with Crippen molar-refractivity contribution in [1.29, 1.82) is 0 Å². The largest absolute Gasteiger partial charge is 0.464 e. The molecule has 0 aliphatic heterocycles. The summed E-state index contributed by atoms with van der Waals surface area (Å²) < 4.78 is 7.48. The zero-order valence-electron chi connectivity index (χ0n) is 14.1. The van der Waals surface area contributed by atoms with E-state index >= 15 is 0 Å². The Hall–Kier alpha value is -3.59. The van der Waals surface area contributed by atoms with Crippen molar-refractivity contribution >= 4 is 21.9 Å². The third-order valence-electron chi connectivity index (χ3n) is 4.08. The molecule has 3 aromatic heterocycles. The van der Waals surface area contributed by atoms with Gasteiger partial charge in [0.15, 0.2) is 5.82 Å². The summed E-state index contributed by atoms with van der Waals surface area (Å²) in [5.41, 5.74) is 3.62. The van der Waals surface area contributed by atoms with Crippen molar-refractivity contribution in [2.24, 2.45) is 0 Å². The number of hydrogen-bond acceptors (Lipinski definition) is 4. The Kier molecular flexibility index (Phi) is 5.66. The minimum absolute atomic E-state index is 0. The molecule has 27 heavy (non-hydrogen) atoms. The van der Waals surface area contributed by atoms with Crippen LogP contribution in [-0.2, 0) is 0 Å². The predicted molar refractivity (Wildman–Crippen MR) is 103 cm³/mol. The summed E-state index contributed by atoms with van der Waals surface area (Å²) in [5.74, 6) is 0.681. The number of rotatable bonds is 2. The predicted octanol–water partition coefficient (Wildman–Crippen LogP) is 1.75. The molecule has 0 amide bonds. The summed E-state index contributed by atoms with van der Waals surface area (Å²) in [6, 6.07) is 14.0. The van der Waals surface area contributed by atoms with Gasteiger partial charge in [0, 0.05) is 41.0 Å². The Bertz CT molecular complexity index is 1170. The molecule has 3 heterocycles. The molecule has 5 aromatic rings. The molecule has 8 heteroatoms. The summed E-state index contributed by atoms with van der Waals surface area (Å²) in [6.07, 6.45) is 8.95. The standard InChI is InChI=1S/C19H12N4O.3H2O/c1-2-4-16-14(3-1)11-21-19(22-16)15-9-13-5-8-24-18(13)10-17(15)23-7-6-20-12-23;;;/h1-12H;3*1H2. The summed E-state index contributed by atoms with van der Waals surface area (Å²) in [6.45, 7) is 0. The molecule has 0 aliphatic carbocycles. The maximum Gasteiger partial charge on any atom is 0.161 e. The van der Waals surface area contributed by atoms with E-state index in [2.05, 4.69) is 16.0 Å². The molecular weight excluding hydrogens is 348 g/mol. The van der Waals surface area contributed by atoms with E-state index in [1.54, 1.807) is 18.8 Å². The van der Waals surface area contributed by atoms with Gasteiger partial charge in [-0.2, -0.15) is 0 Å². The van der Waals surface area contributed by atoms with Crippen molar-refractivity contribution in [2.75, 3.05) is 0 Å². The number of aromatic nitrogens is 4. The number of nitrogens with zero attached hydrogens (tertiary/aromatic N) is 4. The van der Waals surface area contributed by atoms with Crippen LogP contribution in [0.25, 0.3) is 38.9 Å². The van der Waals surface area contributed by atoms with Crippen molar-refractivity contribution in [3.05, 3.63) is 73.6 Å². The normalized spacial score (nSPS) is 10.1. The van der Waals surface area contributed by atoms with Crippen molar-refractivity contribution in [3.8, 4) is 17.1 Å². The first-order chi connectivity index (χ1) is 11.9. The first kappa shape index (κ1) is 19.7. The van der Waals surface area contributed by atoms with E-state index in [0.717, 1.165) is 33.1 Å². The van der Waals surface area contributed by atoms with Crippen molar-refractivity contribution in [3.63, 3.8) is 0 Å². The van der Waals surface area contributed by atoms with Crippen LogP contribution in [0, 0.1) is 0 Å². The van der Waals surface area contributed by atoms with Crippen LogP contribution in [0.5, 0.6) is 0 Å². The lowest BCUT2D eigenvalue weighted by Gasteiger charge is -2.10. The van der Waals surface area contributed by atoms with E-state index in [4.69, 9.17) is 9.40 Å². The monoisotopic (exact) mass is 366 g/mol. The molecular formula is C19H18N4O4. The molecule has 0 fully saturated rings. The molecule has 0 unspecified atom stereocenters. The van der Waals surface area contributed by atoms with Crippen LogP contribution in [0.2, 0.25) is 0 Å². The zero-order valence-corrected chi connectivity index (χ0v) is 14.1. The summed E-state index contributed by atoms with van der Waals surface area (Å²) >= 11 is 0. The van der Waals surface area contributed by atoms with Crippen molar-refractivity contribution < 1.29 is 20.8 Å². The van der Waals surface area contributed by atoms with Gasteiger partial charge >= 0.3 is 0 Å². The summed E-state index contributed by atoms with van der Waals surface area (Å²) in [7, 11) is 0. The Morgan fingerprint density at radius 2 is 1.78 bits per heavy atom. The number of fused-ring (bicyclic) bond motifs is 2. The van der Waals surface area contributed by atoms with Crippen LogP contribution >= 0.6 is 0 Å². The fraction of sp³-hybridized carbons (Fsp3) is 0. The first-order valence-electron chi connectivity index (χ1n) is 7.60. The molecule has 0 spiro atoms. The Balaban J connectivity index is 0.000000871. The number of para-hydroxylation sites is 1. The fourth-order valence-corrected chi connectivity index (χ4v) is 2.90. The van der Waals surface area contributed by atoms with Gasteiger partial charge in [-0.1, -0.05) is 18.2 Å². The smallest absolute Gasteiger partial charge is 0.161 e. The van der Waals surface area contributed by atoms with Gasteiger partial charge in [-0.05, 0) is 18.2 Å². The maximum atomic E-state index is 5.54. The highest BCUT2D eigenvalue weighted by atomic mass is 16.3. The van der Waals surface area contributed by atoms with Gasteiger partial charge in [0.1, 0.15) is 5.58 Å². The molecule has 0 bridgehead atoms. The summed E-state index contributed by atoms with van der Waals surface area (Å²) in [5, 5.41) is 2.04. The lowest BCUT2D eigenvalue weighted by atomic mass is 10.1. The highest BCUT2D eigenvalue weighted by Gasteiger charge is 2.13. The Morgan fingerprint density at radius 3 is 2.59 bits per heavy atom. The van der Waals surface area contributed by atoms with Crippen LogP contribution < -0.4 is 0 Å². The van der Waals surface area contributed by atoms with Gasteiger partial charge in [0.05, 0.1) is 23.8 Å². The second-order valence-electron chi connectivity index (χ2n) is 5.55. The first-order valence-corrected chi connectivity index (χ1v) is 7.60. The van der Waals surface area contributed by atoms with E-state index in [1.165, 1.54) is 0 Å². The van der Waals surface area contributed by atoms with Crippen LogP contribution in [0.15, 0.2) is 78.1 Å². The van der Waals surface area contributed by atoms with Crippen LogP contribution in [0.4, 0.5) is 0 Å². The number of furan rings is 1. The topological polar surface area (TPSA) is 151 Å². The van der Waals surface area contributed by atoms with E-state index < -0.39 is 0 Å². The quantitative estimate of drug-likeness (QED) is 0.467. The Labute approximate surface area is 153 Å². The molecule has 0 saturated heterocycles. The zero-order chi connectivity index (χ0) is 15.9. The average molecular weight is 366 g/mol. The molecule has 0 saturated carbocycles. The van der Waals surface area contributed by atoms with Crippen molar-refractivity contribution in [1.82, 2.24) is 19.5 Å². The third kappa shape index (κ3) is 3.27. The van der Waals surface area contributed by atoms with Gasteiger partial charge in [-0.3, -0.25) is 0 Å². The van der Waals surface area contributed by atoms with Crippen LogP contribution in [-0.4, -0.2) is 35.9 Å². The molecule has 0 aliphatic rings. The molecule has 138 valence electrons. The SMILES string of the molecule is O.O.O.c1ccc2nc(-c3cc4ccoc4cc3-n3ccnc3)ncc2c1. The van der Waals surface area contributed by atoms with E-state index in [0.29, 0.717) is 5.82 Å². The van der Waals surface area contributed by atoms with Gasteiger partial charge < -0.3 is 25.4 Å². The lowest BCUT2D eigenvalue weighted by molar-refractivity contribution is 0.615. The second-order valence-corrected chi connectivity index (χ2v) is 5.55. The second kappa shape index (κ2) is 7.75. The maximum absolute atomic E-state index is 5.54. The molecule has 5 rings (SSSR count). The number of imidazole rings is 1. The molecule has 8 nitrogen and oxygen atoms in total. The van der Waals surface area contributed by atoms with E-state index in [1.807, 2.05) is 53.4 Å². The van der Waals surface area contributed by atoms with Crippen LogP contribution in [0.3, 0.4) is 0 Å². The number of benzene rings is 2. The summed E-state index contributed by atoms with van der Waals surface area (Å²) in [4.78, 5) is 13.4. The average Bonchev–Trinajstić information content (AvgIpc) is 3.31.